The summed E-state index contributed by atoms with van der Waals surface area (Å²) in [6.45, 7) is 0.982. The van der Waals surface area contributed by atoms with E-state index in [1.54, 1.807) is 4.90 Å². The summed E-state index contributed by atoms with van der Waals surface area (Å²) in [6.07, 6.45) is -2.63. The Hall–Kier alpha value is -2.25. The van der Waals surface area contributed by atoms with Crippen LogP contribution in [-0.2, 0) is 11.0 Å². The average Bonchev–Trinajstić information content (AvgIpc) is 2.91. The second-order valence-corrected chi connectivity index (χ2v) is 5.89. The number of alkyl halides is 3. The molecular weight excluding hydrogens is 311 g/mol. The maximum absolute atomic E-state index is 12.6. The molecule has 2 aliphatic rings. The van der Waals surface area contributed by atoms with Crippen LogP contribution in [0.25, 0.3) is 0 Å². The second kappa shape index (κ2) is 5.43. The van der Waals surface area contributed by atoms with Crippen molar-refractivity contribution in [2.75, 3.05) is 13.1 Å². The van der Waals surface area contributed by atoms with Crippen LogP contribution in [0.2, 0.25) is 0 Å². The number of carbonyl (C=O) groups excluding carboxylic acids is 1. The van der Waals surface area contributed by atoms with Crippen molar-refractivity contribution in [2.45, 2.75) is 31.0 Å². The number of benzene rings is 1. The van der Waals surface area contributed by atoms with Crippen molar-refractivity contribution in [3.63, 3.8) is 0 Å². The highest BCUT2D eigenvalue weighted by molar-refractivity contribution is 6.01. The normalized spacial score (nSPS) is 20.3. The Morgan fingerprint density at radius 2 is 1.83 bits per heavy atom. The molecule has 1 aromatic rings. The number of likely N-dealkylation sites (tertiary alicyclic amines) is 1. The van der Waals surface area contributed by atoms with E-state index in [2.05, 4.69) is 5.16 Å². The molecule has 5 nitrogen and oxygen atoms in total. The highest BCUT2D eigenvalue weighted by atomic mass is 19.4. The molecule has 0 saturated carbocycles. The first-order chi connectivity index (χ1) is 10.8. The Labute approximate surface area is 130 Å². The first kappa shape index (κ1) is 15.6. The predicted octanol–water partition coefficient (Wildman–Crippen LogP) is 2.74. The highest BCUT2D eigenvalue weighted by Crippen LogP contribution is 2.36. The van der Waals surface area contributed by atoms with Crippen molar-refractivity contribution in [1.29, 1.82) is 0 Å². The fraction of sp³-hybridized carbons (Fsp3) is 0.467. The molecule has 3 rings (SSSR count). The van der Waals surface area contributed by atoms with Gasteiger partial charge in [0.25, 0.3) is 0 Å². The van der Waals surface area contributed by atoms with Gasteiger partial charge in [-0.2, -0.15) is 13.2 Å². The molecule has 8 heteroatoms. The van der Waals surface area contributed by atoms with Gasteiger partial charge in [0.05, 0.1) is 11.3 Å². The molecule has 124 valence electrons. The van der Waals surface area contributed by atoms with Crippen LogP contribution in [0, 0.1) is 0 Å². The van der Waals surface area contributed by atoms with Crippen LogP contribution >= 0.6 is 0 Å². The van der Waals surface area contributed by atoms with Crippen LogP contribution in [0.4, 0.5) is 18.0 Å². The molecule has 2 N–H and O–H groups in total. The Kier molecular flexibility index (Phi) is 3.69. The molecular formula is C15H16F3N3O2. The number of halogens is 3. The molecule has 23 heavy (non-hydrogen) atoms. The molecule has 2 aliphatic heterocycles. The molecule has 0 aromatic heterocycles. The van der Waals surface area contributed by atoms with Gasteiger partial charge in [-0.05, 0) is 17.7 Å². The number of piperidine rings is 1. The third-order valence-electron chi connectivity index (χ3n) is 4.37. The smallest absolute Gasteiger partial charge is 0.388 e. The summed E-state index contributed by atoms with van der Waals surface area (Å²) in [5.41, 5.74) is 5.32. The maximum atomic E-state index is 12.6. The van der Waals surface area contributed by atoms with E-state index in [0.29, 0.717) is 43.6 Å². The Balaban J connectivity index is 1.67. The molecule has 0 radical (unpaired) electrons. The fourth-order valence-corrected chi connectivity index (χ4v) is 2.93. The minimum absolute atomic E-state index is 0.457. The van der Waals surface area contributed by atoms with Crippen molar-refractivity contribution in [3.05, 3.63) is 35.4 Å². The first-order valence-corrected chi connectivity index (χ1v) is 7.26. The van der Waals surface area contributed by atoms with Gasteiger partial charge in [-0.3, -0.25) is 0 Å². The first-order valence-electron chi connectivity index (χ1n) is 7.26. The molecule has 1 aromatic carbocycles. The van der Waals surface area contributed by atoms with Gasteiger partial charge < -0.3 is 15.5 Å². The van der Waals surface area contributed by atoms with Crippen molar-refractivity contribution in [3.8, 4) is 0 Å². The zero-order valence-corrected chi connectivity index (χ0v) is 12.3. The lowest BCUT2D eigenvalue weighted by atomic mass is 9.85. The average molecular weight is 327 g/mol. The monoisotopic (exact) mass is 327 g/mol. The number of hydrogen-bond acceptors (Lipinski definition) is 3. The number of oxime groups is 1. The second-order valence-electron chi connectivity index (χ2n) is 5.89. The van der Waals surface area contributed by atoms with Gasteiger partial charge >= 0.3 is 12.2 Å². The van der Waals surface area contributed by atoms with Crippen LogP contribution in [0.15, 0.2) is 29.4 Å². The summed E-state index contributed by atoms with van der Waals surface area (Å²) < 4.78 is 37.8. The number of rotatable bonds is 1. The Bertz CT molecular complexity index is 632. The van der Waals surface area contributed by atoms with Crippen LogP contribution in [0.1, 0.15) is 30.4 Å². The quantitative estimate of drug-likeness (QED) is 0.862. The van der Waals surface area contributed by atoms with E-state index in [4.69, 9.17) is 10.6 Å². The van der Waals surface area contributed by atoms with Gasteiger partial charge in [-0.25, -0.2) is 4.79 Å². The molecule has 0 unspecified atom stereocenters. The van der Waals surface area contributed by atoms with Gasteiger partial charge in [0.1, 0.15) is 5.60 Å². The summed E-state index contributed by atoms with van der Waals surface area (Å²) in [6, 6.07) is 4.43. The van der Waals surface area contributed by atoms with E-state index in [1.807, 2.05) is 0 Å². The topological polar surface area (TPSA) is 67.9 Å². The number of nitrogens with two attached hydrogens (primary N) is 1. The van der Waals surface area contributed by atoms with E-state index in [-0.39, 0.29) is 0 Å². The number of primary amides is 1. The van der Waals surface area contributed by atoms with Crippen LogP contribution in [0.5, 0.6) is 0 Å². The summed E-state index contributed by atoms with van der Waals surface area (Å²) >= 11 is 0. The molecule has 0 atom stereocenters. The van der Waals surface area contributed by atoms with E-state index in [1.165, 1.54) is 12.1 Å². The SMILES string of the molecule is NC(=O)N1CCC2(CC1)CC(c1ccc(C(F)(F)F)cc1)=NO2. The lowest BCUT2D eigenvalue weighted by Gasteiger charge is -2.36. The molecule has 1 fully saturated rings. The van der Waals surface area contributed by atoms with Crippen LogP contribution in [0.3, 0.4) is 0 Å². The molecule has 2 amide bonds. The third-order valence-corrected chi connectivity index (χ3v) is 4.37. The largest absolute Gasteiger partial charge is 0.416 e. The summed E-state index contributed by atoms with van der Waals surface area (Å²) in [5, 5.41) is 4.05. The molecule has 1 saturated heterocycles. The number of urea groups is 1. The molecule has 0 aliphatic carbocycles. The number of carbonyl (C=O) groups is 1. The van der Waals surface area contributed by atoms with E-state index < -0.39 is 23.4 Å². The Morgan fingerprint density at radius 3 is 2.35 bits per heavy atom. The zero-order valence-electron chi connectivity index (χ0n) is 12.3. The van der Waals surface area contributed by atoms with E-state index in [9.17, 15) is 18.0 Å². The predicted molar refractivity (Wildman–Crippen MR) is 76.8 cm³/mol. The minimum Gasteiger partial charge on any atom is -0.388 e. The summed E-state index contributed by atoms with van der Waals surface area (Å²) in [5.74, 6) is 0. The van der Waals surface area contributed by atoms with Crippen molar-refractivity contribution < 1.29 is 22.8 Å². The van der Waals surface area contributed by atoms with Crippen LogP contribution < -0.4 is 5.73 Å². The lowest BCUT2D eigenvalue weighted by Crippen LogP contribution is -2.48. The fourth-order valence-electron chi connectivity index (χ4n) is 2.93. The van der Waals surface area contributed by atoms with Gasteiger partial charge in [0, 0.05) is 32.4 Å². The molecule has 2 heterocycles. The lowest BCUT2D eigenvalue weighted by molar-refractivity contribution is -0.137. The number of amides is 2. The summed E-state index contributed by atoms with van der Waals surface area (Å²) in [7, 11) is 0. The number of hydrogen-bond donors (Lipinski definition) is 1. The van der Waals surface area contributed by atoms with Gasteiger partial charge in [0.2, 0.25) is 0 Å². The van der Waals surface area contributed by atoms with Crippen LogP contribution in [-0.4, -0.2) is 35.3 Å². The summed E-state index contributed by atoms with van der Waals surface area (Å²) in [4.78, 5) is 18.3. The van der Waals surface area contributed by atoms with E-state index >= 15 is 0 Å². The van der Waals surface area contributed by atoms with Crippen molar-refractivity contribution in [2.24, 2.45) is 10.9 Å². The van der Waals surface area contributed by atoms with Gasteiger partial charge in [-0.15, -0.1) is 0 Å². The van der Waals surface area contributed by atoms with Gasteiger partial charge in [0.15, 0.2) is 0 Å². The molecule has 0 bridgehead atoms. The highest BCUT2D eigenvalue weighted by Gasteiger charge is 2.43. The van der Waals surface area contributed by atoms with Crippen molar-refractivity contribution in [1.82, 2.24) is 4.90 Å². The number of nitrogens with zero attached hydrogens (tertiary/aromatic N) is 2. The zero-order chi connectivity index (χ0) is 16.7. The van der Waals surface area contributed by atoms with Crippen molar-refractivity contribution >= 4 is 11.7 Å². The standard InChI is InChI=1S/C15H16F3N3O2/c16-15(17,18)11-3-1-10(2-4-11)12-9-14(23-20-12)5-7-21(8-6-14)13(19)22/h1-4H,5-9H2,(H2,19,22). The van der Waals surface area contributed by atoms with E-state index in [0.717, 1.165) is 12.1 Å². The maximum Gasteiger partial charge on any atom is 0.416 e. The minimum atomic E-state index is -4.35. The van der Waals surface area contributed by atoms with Gasteiger partial charge in [-0.1, -0.05) is 17.3 Å². The molecule has 1 spiro atoms. The Morgan fingerprint density at radius 1 is 1.22 bits per heavy atom. The third kappa shape index (κ3) is 3.11.